The predicted octanol–water partition coefficient (Wildman–Crippen LogP) is 2.10. The molecule has 0 aromatic heterocycles. The Kier molecular flexibility index (Phi) is 6.21. The number of aliphatic hydroxyl groups is 1. The first-order valence-corrected chi connectivity index (χ1v) is 7.98. The molecule has 1 aliphatic rings. The highest BCUT2D eigenvalue weighted by Gasteiger charge is 2.29. The van der Waals surface area contributed by atoms with E-state index in [2.05, 4.69) is 11.8 Å². The minimum Gasteiger partial charge on any atom is -0.445 e. The fourth-order valence-corrected chi connectivity index (χ4v) is 2.84. The van der Waals surface area contributed by atoms with Gasteiger partial charge in [0.2, 0.25) is 0 Å². The molecule has 0 radical (unpaired) electrons. The van der Waals surface area contributed by atoms with Gasteiger partial charge < -0.3 is 14.7 Å². The Balaban J connectivity index is 1.84. The molecule has 122 valence electrons. The Morgan fingerprint density at radius 2 is 2.09 bits per heavy atom. The summed E-state index contributed by atoms with van der Waals surface area (Å²) < 4.78 is 5.40. The Hall–Kier alpha value is -1.59. The van der Waals surface area contributed by atoms with Gasteiger partial charge in [0.1, 0.15) is 6.61 Å². The van der Waals surface area contributed by atoms with Crippen LogP contribution in [-0.4, -0.2) is 59.3 Å². The highest BCUT2D eigenvalue weighted by molar-refractivity contribution is 5.67. The number of hydrogen-bond donors (Lipinski definition) is 1. The van der Waals surface area contributed by atoms with Crippen LogP contribution in [-0.2, 0) is 11.3 Å². The molecule has 0 aliphatic carbocycles. The minimum atomic E-state index is -0.342. The third-order valence-corrected chi connectivity index (χ3v) is 4.04. The number of ether oxygens (including phenoxy) is 1. The minimum absolute atomic E-state index is 0.251. The van der Waals surface area contributed by atoms with Crippen LogP contribution >= 0.6 is 0 Å². The summed E-state index contributed by atoms with van der Waals surface area (Å²) in [5, 5.41) is 9.56. The summed E-state index contributed by atoms with van der Waals surface area (Å²) in [5.74, 6) is 0. The number of carbonyl (C=O) groups is 1. The molecule has 2 rings (SSSR count). The zero-order chi connectivity index (χ0) is 15.9. The lowest BCUT2D eigenvalue weighted by Crippen LogP contribution is -2.55. The topological polar surface area (TPSA) is 53.0 Å². The number of aliphatic hydroxyl groups excluding tert-OH is 1. The number of nitrogens with zero attached hydrogens (tertiary/aromatic N) is 2. The first-order chi connectivity index (χ1) is 10.6. The van der Waals surface area contributed by atoms with E-state index >= 15 is 0 Å². The van der Waals surface area contributed by atoms with Gasteiger partial charge in [-0.2, -0.15) is 0 Å². The zero-order valence-corrected chi connectivity index (χ0v) is 13.4. The largest absolute Gasteiger partial charge is 0.445 e. The molecule has 0 bridgehead atoms. The molecule has 1 aromatic rings. The molecule has 2 atom stereocenters. The monoisotopic (exact) mass is 306 g/mol. The fraction of sp³-hybridized carbons (Fsp3) is 0.588. The van der Waals surface area contributed by atoms with Crippen LogP contribution in [0.4, 0.5) is 4.79 Å². The molecular weight excluding hydrogens is 280 g/mol. The standard InChI is InChI=1S/C17H26N2O3/c1-3-16-12-19(10-9-18(16)11-14(2)20)17(21)22-13-15-7-5-4-6-8-15/h4-8,14,16,20H,3,9-13H2,1-2H3. The van der Waals surface area contributed by atoms with Crippen molar-refractivity contribution in [2.75, 3.05) is 26.2 Å². The number of amides is 1. The average Bonchev–Trinajstić information content (AvgIpc) is 2.53. The van der Waals surface area contributed by atoms with Crippen molar-refractivity contribution in [1.82, 2.24) is 9.80 Å². The van der Waals surface area contributed by atoms with E-state index < -0.39 is 0 Å². The molecule has 1 saturated heterocycles. The van der Waals surface area contributed by atoms with Gasteiger partial charge in [-0.25, -0.2) is 4.79 Å². The van der Waals surface area contributed by atoms with Gasteiger partial charge in [-0.15, -0.1) is 0 Å². The third-order valence-electron chi connectivity index (χ3n) is 4.04. The second-order valence-electron chi connectivity index (χ2n) is 5.89. The summed E-state index contributed by atoms with van der Waals surface area (Å²) in [7, 11) is 0. The fourth-order valence-electron chi connectivity index (χ4n) is 2.84. The van der Waals surface area contributed by atoms with Gasteiger partial charge in [0.15, 0.2) is 0 Å². The van der Waals surface area contributed by atoms with E-state index in [-0.39, 0.29) is 18.2 Å². The van der Waals surface area contributed by atoms with E-state index in [4.69, 9.17) is 4.74 Å². The van der Waals surface area contributed by atoms with Gasteiger partial charge in [0.25, 0.3) is 0 Å². The molecule has 0 spiro atoms. The van der Waals surface area contributed by atoms with Gasteiger partial charge in [0.05, 0.1) is 6.10 Å². The number of carbonyl (C=O) groups excluding carboxylic acids is 1. The molecule has 22 heavy (non-hydrogen) atoms. The molecule has 1 fully saturated rings. The van der Waals surface area contributed by atoms with Crippen molar-refractivity contribution in [3.05, 3.63) is 35.9 Å². The van der Waals surface area contributed by atoms with Crippen LogP contribution in [0, 0.1) is 0 Å². The van der Waals surface area contributed by atoms with Crippen molar-refractivity contribution in [2.24, 2.45) is 0 Å². The number of hydrogen-bond acceptors (Lipinski definition) is 4. The number of piperazine rings is 1. The van der Waals surface area contributed by atoms with Crippen molar-refractivity contribution >= 4 is 6.09 Å². The van der Waals surface area contributed by atoms with Gasteiger partial charge in [0, 0.05) is 32.2 Å². The van der Waals surface area contributed by atoms with Gasteiger partial charge in [-0.05, 0) is 18.9 Å². The summed E-state index contributed by atoms with van der Waals surface area (Å²) in [6.45, 7) is 6.97. The van der Waals surface area contributed by atoms with E-state index in [0.717, 1.165) is 18.5 Å². The molecule has 1 aliphatic heterocycles. The quantitative estimate of drug-likeness (QED) is 0.905. The van der Waals surface area contributed by atoms with Crippen molar-refractivity contribution in [2.45, 2.75) is 39.0 Å². The molecule has 1 amide bonds. The summed E-state index contributed by atoms with van der Waals surface area (Å²) >= 11 is 0. The molecule has 0 saturated carbocycles. The van der Waals surface area contributed by atoms with Crippen LogP contribution in [0.15, 0.2) is 30.3 Å². The second kappa shape index (κ2) is 8.15. The Morgan fingerprint density at radius 3 is 2.73 bits per heavy atom. The Morgan fingerprint density at radius 1 is 1.36 bits per heavy atom. The third kappa shape index (κ3) is 4.71. The van der Waals surface area contributed by atoms with Crippen LogP contribution in [0.5, 0.6) is 0 Å². The molecule has 1 heterocycles. The van der Waals surface area contributed by atoms with Crippen LogP contribution in [0.3, 0.4) is 0 Å². The van der Waals surface area contributed by atoms with Crippen LogP contribution in [0.1, 0.15) is 25.8 Å². The second-order valence-corrected chi connectivity index (χ2v) is 5.89. The Labute approximate surface area is 132 Å². The highest BCUT2D eigenvalue weighted by atomic mass is 16.6. The van der Waals surface area contributed by atoms with Crippen LogP contribution in [0.25, 0.3) is 0 Å². The lowest BCUT2D eigenvalue weighted by molar-refractivity contribution is 0.0264. The van der Waals surface area contributed by atoms with E-state index in [1.165, 1.54) is 0 Å². The van der Waals surface area contributed by atoms with E-state index in [0.29, 0.717) is 26.2 Å². The molecule has 2 unspecified atom stereocenters. The van der Waals surface area contributed by atoms with Crippen molar-refractivity contribution in [3.8, 4) is 0 Å². The first kappa shape index (κ1) is 16.8. The maximum Gasteiger partial charge on any atom is 0.410 e. The lowest BCUT2D eigenvalue weighted by Gasteiger charge is -2.41. The van der Waals surface area contributed by atoms with Gasteiger partial charge >= 0.3 is 6.09 Å². The van der Waals surface area contributed by atoms with Gasteiger partial charge in [-0.1, -0.05) is 37.3 Å². The Bertz CT molecular complexity index is 464. The molecule has 1 aromatic carbocycles. The predicted molar refractivity (Wildman–Crippen MR) is 85.5 cm³/mol. The highest BCUT2D eigenvalue weighted by Crippen LogP contribution is 2.15. The average molecular weight is 306 g/mol. The first-order valence-electron chi connectivity index (χ1n) is 7.98. The number of benzene rings is 1. The van der Waals surface area contributed by atoms with Crippen LogP contribution in [0.2, 0.25) is 0 Å². The van der Waals surface area contributed by atoms with Crippen LogP contribution < -0.4 is 0 Å². The lowest BCUT2D eigenvalue weighted by atomic mass is 10.1. The van der Waals surface area contributed by atoms with Crippen molar-refractivity contribution in [3.63, 3.8) is 0 Å². The van der Waals surface area contributed by atoms with Crippen molar-refractivity contribution < 1.29 is 14.6 Å². The summed E-state index contributed by atoms with van der Waals surface area (Å²) in [6, 6.07) is 9.99. The van der Waals surface area contributed by atoms with Gasteiger partial charge in [-0.3, -0.25) is 4.90 Å². The number of β-amino-alcohol motifs (C(OH)–C–C–N with tert-alkyl or cyclic N) is 1. The molecule has 1 N–H and O–H groups in total. The van der Waals surface area contributed by atoms with E-state index in [1.54, 1.807) is 11.8 Å². The van der Waals surface area contributed by atoms with E-state index in [1.807, 2.05) is 30.3 Å². The molecule has 5 nitrogen and oxygen atoms in total. The smallest absolute Gasteiger partial charge is 0.410 e. The molecule has 5 heteroatoms. The molecular formula is C17H26N2O3. The number of rotatable bonds is 5. The zero-order valence-electron chi connectivity index (χ0n) is 13.4. The van der Waals surface area contributed by atoms with Crippen molar-refractivity contribution in [1.29, 1.82) is 0 Å². The normalized spacial score (nSPS) is 20.7. The summed E-state index contributed by atoms with van der Waals surface area (Å²) in [4.78, 5) is 16.2. The maximum atomic E-state index is 12.2. The van der Waals surface area contributed by atoms with E-state index in [9.17, 15) is 9.90 Å². The summed E-state index contributed by atoms with van der Waals surface area (Å²) in [5.41, 5.74) is 0.996. The summed E-state index contributed by atoms with van der Waals surface area (Å²) in [6.07, 6.45) is 0.361. The SMILES string of the molecule is CCC1CN(C(=O)OCc2ccccc2)CCN1CC(C)O. The maximum absolute atomic E-state index is 12.2.